The molecule has 1 heterocycles. The van der Waals surface area contributed by atoms with Crippen molar-refractivity contribution < 1.29 is 9.19 Å². The molecule has 1 aliphatic rings. The van der Waals surface area contributed by atoms with Gasteiger partial charge >= 0.3 is 0 Å². The van der Waals surface area contributed by atoms with E-state index in [1.165, 1.54) is 5.69 Å². The van der Waals surface area contributed by atoms with Crippen LogP contribution in [0.4, 0.5) is 5.69 Å². The highest BCUT2D eigenvalue weighted by atomic mass is 31.2. The molecule has 0 bridgehead atoms. The second-order valence-electron chi connectivity index (χ2n) is 6.00. The highest BCUT2D eigenvalue weighted by molar-refractivity contribution is 7.66. The summed E-state index contributed by atoms with van der Waals surface area (Å²) in [5.41, 5.74) is 3.12. The lowest BCUT2D eigenvalue weighted by Crippen LogP contribution is -2.23. The highest BCUT2D eigenvalue weighted by Crippen LogP contribution is 2.42. The van der Waals surface area contributed by atoms with Crippen LogP contribution in [0.3, 0.4) is 0 Å². The van der Waals surface area contributed by atoms with Gasteiger partial charge in [0.2, 0.25) is 0 Å². The van der Waals surface area contributed by atoms with E-state index >= 15 is 0 Å². The molecule has 0 radical (unpaired) electrons. The van der Waals surface area contributed by atoms with Crippen molar-refractivity contribution in [2.75, 3.05) is 24.7 Å². The second kappa shape index (κ2) is 7.23. The normalized spacial score (nSPS) is 18.6. The van der Waals surface area contributed by atoms with E-state index in [1.807, 2.05) is 42.5 Å². The van der Waals surface area contributed by atoms with Gasteiger partial charge in [-0.1, -0.05) is 41.6 Å². The zero-order chi connectivity index (χ0) is 17.0. The molecule has 0 amide bonds. The first kappa shape index (κ1) is 16.8. The molecule has 126 valence electrons. The van der Waals surface area contributed by atoms with Crippen molar-refractivity contribution in [3.63, 3.8) is 0 Å². The Labute approximate surface area is 143 Å². The molecule has 1 atom stereocenters. The molecular weight excluding hydrogens is 319 g/mol. The monoisotopic (exact) mass is 342 g/mol. The largest absolute Gasteiger partial charge is 0.371 e. The Morgan fingerprint density at radius 3 is 2.58 bits per heavy atom. The van der Waals surface area contributed by atoms with Gasteiger partial charge in [0, 0.05) is 36.3 Å². The van der Waals surface area contributed by atoms with Crippen LogP contribution in [0.2, 0.25) is 0 Å². The molecule has 24 heavy (non-hydrogen) atoms. The number of benzene rings is 2. The molecule has 1 aliphatic heterocycles. The molecule has 0 aliphatic carbocycles. The fourth-order valence-electron chi connectivity index (χ4n) is 2.98. The molecule has 3 rings (SSSR count). The van der Waals surface area contributed by atoms with E-state index in [9.17, 15) is 4.57 Å². The van der Waals surface area contributed by atoms with Crippen LogP contribution in [0, 0.1) is 0 Å². The van der Waals surface area contributed by atoms with Crippen molar-refractivity contribution in [1.82, 2.24) is 0 Å². The van der Waals surface area contributed by atoms with Gasteiger partial charge in [-0.05, 0) is 38.0 Å². The number of hydrogen-bond donors (Lipinski definition) is 0. The lowest BCUT2D eigenvalue weighted by Gasteiger charge is -2.22. The van der Waals surface area contributed by atoms with E-state index in [-0.39, 0.29) is 0 Å². The standard InChI is InChI=1S/C19H23N2O2P/c1-3-21-15-9-13-18(17-12-7-8-14-19(17)21)20-23-24(2,22)16-10-5-4-6-11-16/h4-8,10-12,14H,3,9,13,15H2,1-2H3/b20-18+. The molecule has 0 fully saturated rings. The predicted octanol–water partition coefficient (Wildman–Crippen LogP) is 4.26. The van der Waals surface area contributed by atoms with Gasteiger partial charge in [0.25, 0.3) is 7.37 Å². The van der Waals surface area contributed by atoms with Gasteiger partial charge in [-0.2, -0.15) is 0 Å². The first-order valence-electron chi connectivity index (χ1n) is 8.35. The lowest BCUT2D eigenvalue weighted by atomic mass is 10.1. The van der Waals surface area contributed by atoms with Gasteiger partial charge in [0.15, 0.2) is 0 Å². The SMILES string of the molecule is CCN1CCC/C(=N\OP(C)(=O)c2ccccc2)c2ccccc21. The summed E-state index contributed by atoms with van der Waals surface area (Å²) in [7, 11) is -2.96. The molecule has 5 heteroatoms. The number of rotatable bonds is 4. The lowest BCUT2D eigenvalue weighted by molar-refractivity contribution is 0.345. The number of anilines is 1. The van der Waals surface area contributed by atoms with Gasteiger partial charge in [0.05, 0.1) is 5.71 Å². The Balaban J connectivity index is 1.91. The van der Waals surface area contributed by atoms with Crippen molar-refractivity contribution in [3.05, 3.63) is 60.2 Å². The third kappa shape index (κ3) is 3.54. The molecule has 1 unspecified atom stereocenters. The van der Waals surface area contributed by atoms with E-state index in [1.54, 1.807) is 6.66 Å². The third-order valence-electron chi connectivity index (χ3n) is 4.31. The van der Waals surface area contributed by atoms with Crippen molar-refractivity contribution >= 4 is 24.1 Å². The quantitative estimate of drug-likeness (QED) is 0.616. The first-order valence-corrected chi connectivity index (χ1v) is 10.4. The predicted molar refractivity (Wildman–Crippen MR) is 101 cm³/mol. The summed E-state index contributed by atoms with van der Waals surface area (Å²) in [6.45, 7) is 5.73. The number of fused-ring (bicyclic) bond motifs is 1. The Morgan fingerprint density at radius 2 is 1.83 bits per heavy atom. The molecule has 0 aromatic heterocycles. The Morgan fingerprint density at radius 1 is 1.12 bits per heavy atom. The van der Waals surface area contributed by atoms with Gasteiger partial charge in [-0.15, -0.1) is 0 Å². The Hall–Kier alpha value is -2.06. The summed E-state index contributed by atoms with van der Waals surface area (Å²) in [6, 6.07) is 17.5. The van der Waals surface area contributed by atoms with Crippen LogP contribution in [-0.2, 0) is 9.19 Å². The molecule has 0 saturated carbocycles. The van der Waals surface area contributed by atoms with E-state index < -0.39 is 7.37 Å². The van der Waals surface area contributed by atoms with Crippen LogP contribution >= 0.6 is 7.37 Å². The first-order chi connectivity index (χ1) is 11.6. The van der Waals surface area contributed by atoms with Crippen molar-refractivity contribution in [2.45, 2.75) is 19.8 Å². The summed E-state index contributed by atoms with van der Waals surface area (Å²) in [4.78, 5) is 2.35. The van der Waals surface area contributed by atoms with Crippen molar-refractivity contribution in [1.29, 1.82) is 0 Å². The average Bonchev–Trinajstić information content (AvgIpc) is 2.80. The van der Waals surface area contributed by atoms with Gasteiger partial charge < -0.3 is 9.52 Å². The topological polar surface area (TPSA) is 41.9 Å². The molecule has 2 aromatic rings. The maximum Gasteiger partial charge on any atom is 0.299 e. The minimum absolute atomic E-state index is 0.687. The van der Waals surface area contributed by atoms with Crippen LogP contribution in [-0.4, -0.2) is 25.5 Å². The van der Waals surface area contributed by atoms with Crippen LogP contribution in [0.1, 0.15) is 25.3 Å². The third-order valence-corrected chi connectivity index (χ3v) is 5.94. The number of para-hydroxylation sites is 1. The van der Waals surface area contributed by atoms with Crippen LogP contribution in [0.25, 0.3) is 0 Å². The summed E-state index contributed by atoms with van der Waals surface area (Å²) >= 11 is 0. The van der Waals surface area contributed by atoms with Crippen LogP contribution < -0.4 is 10.2 Å². The highest BCUT2D eigenvalue weighted by Gasteiger charge is 2.23. The zero-order valence-electron chi connectivity index (χ0n) is 14.2. The van der Waals surface area contributed by atoms with Gasteiger partial charge in [0.1, 0.15) is 0 Å². The number of nitrogens with zero attached hydrogens (tertiary/aromatic N) is 2. The fraction of sp³-hybridized carbons (Fsp3) is 0.316. The van der Waals surface area contributed by atoms with Gasteiger partial charge in [-0.3, -0.25) is 4.57 Å². The molecule has 0 saturated heterocycles. The molecular formula is C19H23N2O2P. The minimum Gasteiger partial charge on any atom is -0.371 e. The second-order valence-corrected chi connectivity index (χ2v) is 8.37. The summed E-state index contributed by atoms with van der Waals surface area (Å²) in [5, 5.41) is 5.01. The molecule has 4 nitrogen and oxygen atoms in total. The number of oxime groups is 1. The van der Waals surface area contributed by atoms with Crippen LogP contribution in [0.15, 0.2) is 59.8 Å². The molecule has 0 N–H and O–H groups in total. The van der Waals surface area contributed by atoms with E-state index in [4.69, 9.17) is 4.62 Å². The Kier molecular flexibility index (Phi) is 5.06. The summed E-state index contributed by atoms with van der Waals surface area (Å²) in [5.74, 6) is 0. The molecule has 0 spiro atoms. The smallest absolute Gasteiger partial charge is 0.299 e. The Bertz CT molecular complexity index is 774. The maximum atomic E-state index is 12.8. The summed E-state index contributed by atoms with van der Waals surface area (Å²) in [6.07, 6.45) is 1.83. The van der Waals surface area contributed by atoms with E-state index in [0.29, 0.717) is 5.30 Å². The van der Waals surface area contributed by atoms with Crippen LogP contribution in [0.5, 0.6) is 0 Å². The number of hydrogen-bond acceptors (Lipinski definition) is 4. The average molecular weight is 342 g/mol. The van der Waals surface area contributed by atoms with Crippen molar-refractivity contribution in [2.24, 2.45) is 5.16 Å². The van der Waals surface area contributed by atoms with Gasteiger partial charge in [-0.25, -0.2) is 0 Å². The van der Waals surface area contributed by atoms with E-state index in [0.717, 1.165) is 37.2 Å². The maximum absolute atomic E-state index is 12.8. The molecule has 2 aromatic carbocycles. The van der Waals surface area contributed by atoms with Crippen molar-refractivity contribution in [3.8, 4) is 0 Å². The van der Waals surface area contributed by atoms with E-state index in [2.05, 4.69) is 29.1 Å². The summed E-state index contributed by atoms with van der Waals surface area (Å²) < 4.78 is 18.4. The zero-order valence-corrected chi connectivity index (χ0v) is 15.1. The minimum atomic E-state index is -2.96. The fourth-order valence-corrected chi connectivity index (χ4v) is 4.04.